The van der Waals surface area contributed by atoms with Crippen molar-refractivity contribution in [3.63, 3.8) is 0 Å². The van der Waals surface area contributed by atoms with Gasteiger partial charge in [-0.25, -0.2) is 0 Å². The highest BCUT2D eigenvalue weighted by Gasteiger charge is 2.02. The zero-order valence-electron chi connectivity index (χ0n) is 8.81. The summed E-state index contributed by atoms with van der Waals surface area (Å²) in [7, 11) is 0. The number of amides is 1. The highest BCUT2D eigenvalue weighted by molar-refractivity contribution is 5.94. The molecular weight excluding hydrogens is 202 g/mol. The molecule has 0 aromatic heterocycles. The Morgan fingerprint density at radius 3 is 2.62 bits per heavy atom. The van der Waals surface area contributed by atoms with Crippen LogP contribution in [0.25, 0.3) is 0 Å². The molecular formula is C12H13N3O. The lowest BCUT2D eigenvalue weighted by atomic mass is 10.1. The molecule has 0 heterocycles. The number of carbonyl (C=O) groups is 1. The summed E-state index contributed by atoms with van der Waals surface area (Å²) in [6.07, 6.45) is 3.57. The van der Waals surface area contributed by atoms with Crippen LogP contribution in [-0.2, 0) is 0 Å². The van der Waals surface area contributed by atoms with Gasteiger partial charge in [-0.2, -0.15) is 5.26 Å². The number of rotatable bonds is 4. The maximum Gasteiger partial charge on any atom is 0.251 e. The molecule has 82 valence electrons. The van der Waals surface area contributed by atoms with Gasteiger partial charge in [0.1, 0.15) is 0 Å². The average molecular weight is 215 g/mol. The van der Waals surface area contributed by atoms with Gasteiger partial charge in [-0.3, -0.25) is 4.79 Å². The maximum atomic E-state index is 11.5. The number of hydrogen-bond donors (Lipinski definition) is 2. The van der Waals surface area contributed by atoms with Crippen molar-refractivity contribution in [3.8, 4) is 6.07 Å². The second kappa shape index (κ2) is 6.38. The molecule has 3 N–H and O–H groups in total. The van der Waals surface area contributed by atoms with Gasteiger partial charge >= 0.3 is 0 Å². The van der Waals surface area contributed by atoms with E-state index in [-0.39, 0.29) is 5.91 Å². The first-order chi connectivity index (χ1) is 7.77. The second-order valence-electron chi connectivity index (χ2n) is 3.11. The van der Waals surface area contributed by atoms with E-state index in [0.717, 1.165) is 0 Å². The summed E-state index contributed by atoms with van der Waals surface area (Å²) < 4.78 is 0. The summed E-state index contributed by atoms with van der Waals surface area (Å²) in [5, 5.41) is 11.3. The van der Waals surface area contributed by atoms with Crippen LogP contribution in [0.15, 0.2) is 36.4 Å². The van der Waals surface area contributed by atoms with Crippen molar-refractivity contribution in [3.05, 3.63) is 47.5 Å². The number of carbonyl (C=O) groups excluding carboxylic acids is 1. The Labute approximate surface area is 94.4 Å². The summed E-state index contributed by atoms with van der Waals surface area (Å²) in [5.41, 5.74) is 6.34. The van der Waals surface area contributed by atoms with Crippen LogP contribution in [0.3, 0.4) is 0 Å². The van der Waals surface area contributed by atoms with Crippen molar-refractivity contribution in [2.45, 2.75) is 0 Å². The van der Waals surface area contributed by atoms with Gasteiger partial charge in [-0.1, -0.05) is 12.2 Å². The normalized spacial score (nSPS) is 10.0. The van der Waals surface area contributed by atoms with E-state index < -0.39 is 0 Å². The summed E-state index contributed by atoms with van der Waals surface area (Å²) in [6, 6.07) is 8.48. The molecule has 0 spiro atoms. The smallest absolute Gasteiger partial charge is 0.251 e. The lowest BCUT2D eigenvalue weighted by Crippen LogP contribution is -2.23. The third-order valence-corrected chi connectivity index (χ3v) is 1.96. The SMILES string of the molecule is N#Cc1ccc(C(=O)NC/C=C/CN)cc1. The van der Waals surface area contributed by atoms with E-state index in [1.807, 2.05) is 6.07 Å². The van der Waals surface area contributed by atoms with E-state index in [0.29, 0.717) is 24.2 Å². The van der Waals surface area contributed by atoms with E-state index >= 15 is 0 Å². The van der Waals surface area contributed by atoms with E-state index in [1.165, 1.54) is 0 Å². The minimum Gasteiger partial charge on any atom is -0.349 e. The number of nitrogens with one attached hydrogen (secondary N) is 1. The van der Waals surface area contributed by atoms with Gasteiger partial charge in [0.15, 0.2) is 0 Å². The van der Waals surface area contributed by atoms with Gasteiger partial charge in [0, 0.05) is 18.7 Å². The number of nitriles is 1. The van der Waals surface area contributed by atoms with Gasteiger partial charge < -0.3 is 11.1 Å². The molecule has 16 heavy (non-hydrogen) atoms. The number of benzene rings is 1. The molecule has 0 radical (unpaired) electrons. The number of nitrogens with zero attached hydrogens (tertiary/aromatic N) is 1. The highest BCUT2D eigenvalue weighted by Crippen LogP contribution is 2.02. The first-order valence-electron chi connectivity index (χ1n) is 4.91. The van der Waals surface area contributed by atoms with Gasteiger partial charge in [0.25, 0.3) is 5.91 Å². The lowest BCUT2D eigenvalue weighted by molar-refractivity contribution is 0.0958. The third-order valence-electron chi connectivity index (χ3n) is 1.96. The van der Waals surface area contributed by atoms with Crippen LogP contribution in [0.1, 0.15) is 15.9 Å². The molecule has 0 aliphatic heterocycles. The lowest BCUT2D eigenvalue weighted by Gasteiger charge is -2.01. The second-order valence-corrected chi connectivity index (χ2v) is 3.11. The molecule has 4 heteroatoms. The van der Waals surface area contributed by atoms with Crippen molar-refractivity contribution in [2.75, 3.05) is 13.1 Å². The molecule has 0 bridgehead atoms. The van der Waals surface area contributed by atoms with Crippen LogP contribution in [0.2, 0.25) is 0 Å². The molecule has 0 saturated carbocycles. The molecule has 1 amide bonds. The third kappa shape index (κ3) is 3.56. The fourth-order valence-corrected chi connectivity index (χ4v) is 1.13. The van der Waals surface area contributed by atoms with Crippen LogP contribution in [-0.4, -0.2) is 19.0 Å². The average Bonchev–Trinajstić information content (AvgIpc) is 2.34. The fourth-order valence-electron chi connectivity index (χ4n) is 1.13. The maximum absolute atomic E-state index is 11.5. The summed E-state index contributed by atoms with van der Waals surface area (Å²) in [5.74, 6) is -0.161. The molecule has 0 aliphatic rings. The van der Waals surface area contributed by atoms with Crippen molar-refractivity contribution in [2.24, 2.45) is 5.73 Å². The molecule has 1 rings (SSSR count). The Morgan fingerprint density at radius 2 is 2.06 bits per heavy atom. The molecule has 0 saturated heterocycles. The van der Waals surface area contributed by atoms with Crippen LogP contribution in [0.5, 0.6) is 0 Å². The molecule has 0 atom stereocenters. The van der Waals surface area contributed by atoms with Gasteiger partial charge in [-0.15, -0.1) is 0 Å². The predicted molar refractivity (Wildman–Crippen MR) is 61.7 cm³/mol. The quantitative estimate of drug-likeness (QED) is 0.729. The van der Waals surface area contributed by atoms with Gasteiger partial charge in [-0.05, 0) is 24.3 Å². The molecule has 1 aromatic rings. The van der Waals surface area contributed by atoms with Crippen LogP contribution in [0.4, 0.5) is 0 Å². The zero-order chi connectivity index (χ0) is 11.8. The molecule has 0 aliphatic carbocycles. The largest absolute Gasteiger partial charge is 0.349 e. The molecule has 4 nitrogen and oxygen atoms in total. The minimum absolute atomic E-state index is 0.161. The van der Waals surface area contributed by atoms with Crippen LogP contribution < -0.4 is 11.1 Å². The fraction of sp³-hybridized carbons (Fsp3) is 0.167. The summed E-state index contributed by atoms with van der Waals surface area (Å²) in [6.45, 7) is 0.919. The molecule has 0 unspecified atom stereocenters. The number of nitrogens with two attached hydrogens (primary N) is 1. The Balaban J connectivity index is 2.53. The van der Waals surface area contributed by atoms with Crippen molar-refractivity contribution in [1.29, 1.82) is 5.26 Å². The highest BCUT2D eigenvalue weighted by atomic mass is 16.1. The topological polar surface area (TPSA) is 78.9 Å². The summed E-state index contributed by atoms with van der Waals surface area (Å²) >= 11 is 0. The monoisotopic (exact) mass is 215 g/mol. The van der Waals surface area contributed by atoms with E-state index in [2.05, 4.69) is 5.32 Å². The van der Waals surface area contributed by atoms with Gasteiger partial charge in [0.2, 0.25) is 0 Å². The summed E-state index contributed by atoms with van der Waals surface area (Å²) in [4.78, 5) is 11.5. The van der Waals surface area contributed by atoms with Gasteiger partial charge in [0.05, 0.1) is 11.6 Å². The Morgan fingerprint density at radius 1 is 1.38 bits per heavy atom. The van der Waals surface area contributed by atoms with Crippen molar-refractivity contribution < 1.29 is 4.79 Å². The van der Waals surface area contributed by atoms with E-state index in [4.69, 9.17) is 11.0 Å². The van der Waals surface area contributed by atoms with Crippen LogP contribution >= 0.6 is 0 Å². The Bertz CT molecular complexity index is 415. The molecule has 0 fully saturated rings. The standard InChI is InChI=1S/C12H13N3O/c13-7-1-2-8-15-12(16)11-5-3-10(9-14)4-6-11/h1-6H,7-8,13H2,(H,15,16)/b2-1+. The molecule has 1 aromatic carbocycles. The first-order valence-corrected chi connectivity index (χ1v) is 4.91. The Hall–Kier alpha value is -2.12. The van der Waals surface area contributed by atoms with E-state index in [1.54, 1.807) is 36.4 Å². The van der Waals surface area contributed by atoms with E-state index in [9.17, 15) is 4.79 Å². The van der Waals surface area contributed by atoms with Crippen molar-refractivity contribution >= 4 is 5.91 Å². The number of hydrogen-bond acceptors (Lipinski definition) is 3. The van der Waals surface area contributed by atoms with Crippen LogP contribution in [0, 0.1) is 11.3 Å². The Kier molecular flexibility index (Phi) is 4.77. The minimum atomic E-state index is -0.161. The predicted octanol–water partition coefficient (Wildman–Crippen LogP) is 0.803. The van der Waals surface area contributed by atoms with Crippen molar-refractivity contribution in [1.82, 2.24) is 5.32 Å². The zero-order valence-corrected chi connectivity index (χ0v) is 8.81. The first kappa shape index (κ1) is 12.0.